The molecule has 0 saturated heterocycles. The monoisotopic (exact) mass is 164 g/mol. The SMILES string of the molecule is C[C@H]1C(=O)CC[C@@H]1c1ccoc1. The summed E-state index contributed by atoms with van der Waals surface area (Å²) in [6.45, 7) is 2.01. The third-order valence-electron chi connectivity index (χ3n) is 2.78. The van der Waals surface area contributed by atoms with E-state index in [1.807, 2.05) is 13.0 Å². The number of carbonyl (C=O) groups is 1. The van der Waals surface area contributed by atoms with Crippen LogP contribution in [0.2, 0.25) is 0 Å². The maximum atomic E-state index is 11.2. The highest BCUT2D eigenvalue weighted by atomic mass is 16.3. The lowest BCUT2D eigenvalue weighted by atomic mass is 9.92. The van der Waals surface area contributed by atoms with Crippen molar-refractivity contribution in [1.82, 2.24) is 0 Å². The van der Waals surface area contributed by atoms with Gasteiger partial charge in [0.1, 0.15) is 5.78 Å². The zero-order chi connectivity index (χ0) is 8.55. The maximum Gasteiger partial charge on any atom is 0.136 e. The molecule has 1 saturated carbocycles. The second kappa shape index (κ2) is 2.77. The fourth-order valence-electron chi connectivity index (χ4n) is 1.94. The molecule has 1 aromatic heterocycles. The predicted molar refractivity (Wildman–Crippen MR) is 44.9 cm³/mol. The van der Waals surface area contributed by atoms with Gasteiger partial charge in [0.25, 0.3) is 0 Å². The van der Waals surface area contributed by atoms with Gasteiger partial charge in [-0.05, 0) is 24.0 Å². The van der Waals surface area contributed by atoms with Gasteiger partial charge in [-0.1, -0.05) is 6.92 Å². The number of rotatable bonds is 1. The zero-order valence-corrected chi connectivity index (χ0v) is 7.12. The Kier molecular flexibility index (Phi) is 1.75. The number of hydrogen-bond donors (Lipinski definition) is 0. The highest BCUT2D eigenvalue weighted by molar-refractivity contribution is 5.84. The molecule has 64 valence electrons. The Balaban J connectivity index is 2.21. The summed E-state index contributed by atoms with van der Waals surface area (Å²) in [6, 6.07) is 1.96. The van der Waals surface area contributed by atoms with E-state index in [1.54, 1.807) is 12.5 Å². The Morgan fingerprint density at radius 3 is 2.92 bits per heavy atom. The first kappa shape index (κ1) is 7.59. The molecule has 0 radical (unpaired) electrons. The van der Waals surface area contributed by atoms with Crippen LogP contribution in [0, 0.1) is 5.92 Å². The molecular formula is C10H12O2. The van der Waals surface area contributed by atoms with Gasteiger partial charge in [-0.2, -0.15) is 0 Å². The minimum Gasteiger partial charge on any atom is -0.472 e. The first-order valence-corrected chi connectivity index (χ1v) is 4.34. The van der Waals surface area contributed by atoms with Gasteiger partial charge in [0.05, 0.1) is 12.5 Å². The van der Waals surface area contributed by atoms with Crippen LogP contribution in [0.5, 0.6) is 0 Å². The van der Waals surface area contributed by atoms with Crippen LogP contribution < -0.4 is 0 Å². The fraction of sp³-hybridized carbons (Fsp3) is 0.500. The van der Waals surface area contributed by atoms with Crippen LogP contribution in [-0.4, -0.2) is 5.78 Å². The zero-order valence-electron chi connectivity index (χ0n) is 7.12. The largest absolute Gasteiger partial charge is 0.472 e. The van der Waals surface area contributed by atoms with E-state index in [1.165, 1.54) is 5.56 Å². The molecule has 0 aliphatic heterocycles. The van der Waals surface area contributed by atoms with E-state index in [0.29, 0.717) is 11.7 Å². The smallest absolute Gasteiger partial charge is 0.136 e. The van der Waals surface area contributed by atoms with E-state index >= 15 is 0 Å². The Bertz CT molecular complexity index is 274. The molecule has 2 heteroatoms. The number of hydrogen-bond acceptors (Lipinski definition) is 2. The summed E-state index contributed by atoms with van der Waals surface area (Å²) >= 11 is 0. The van der Waals surface area contributed by atoms with Crippen LogP contribution in [0.4, 0.5) is 0 Å². The third-order valence-corrected chi connectivity index (χ3v) is 2.78. The van der Waals surface area contributed by atoms with E-state index in [2.05, 4.69) is 0 Å². The minimum absolute atomic E-state index is 0.183. The molecule has 1 aliphatic rings. The molecule has 2 rings (SSSR count). The summed E-state index contributed by atoms with van der Waals surface area (Å²) in [5, 5.41) is 0. The molecule has 0 bridgehead atoms. The number of ketones is 1. The first-order chi connectivity index (χ1) is 5.79. The first-order valence-electron chi connectivity index (χ1n) is 4.34. The topological polar surface area (TPSA) is 30.2 Å². The van der Waals surface area contributed by atoms with Crippen molar-refractivity contribution in [2.24, 2.45) is 5.92 Å². The van der Waals surface area contributed by atoms with Crippen LogP contribution in [-0.2, 0) is 4.79 Å². The molecule has 2 atom stereocenters. The van der Waals surface area contributed by atoms with Gasteiger partial charge < -0.3 is 4.42 Å². The van der Waals surface area contributed by atoms with Crippen LogP contribution in [0.15, 0.2) is 23.0 Å². The van der Waals surface area contributed by atoms with Crippen molar-refractivity contribution in [3.05, 3.63) is 24.2 Å². The van der Waals surface area contributed by atoms with E-state index in [0.717, 1.165) is 12.8 Å². The third kappa shape index (κ3) is 1.07. The summed E-state index contributed by atoms with van der Waals surface area (Å²) in [7, 11) is 0. The molecule has 1 aromatic rings. The van der Waals surface area contributed by atoms with Gasteiger partial charge in [-0.25, -0.2) is 0 Å². The minimum atomic E-state index is 0.183. The molecule has 1 fully saturated rings. The van der Waals surface area contributed by atoms with Crippen molar-refractivity contribution in [3.8, 4) is 0 Å². The van der Waals surface area contributed by atoms with E-state index in [4.69, 9.17) is 4.42 Å². The van der Waals surface area contributed by atoms with Crippen molar-refractivity contribution < 1.29 is 9.21 Å². The normalized spacial score (nSPS) is 29.6. The van der Waals surface area contributed by atoms with Gasteiger partial charge in [-0.3, -0.25) is 4.79 Å². The van der Waals surface area contributed by atoms with Gasteiger partial charge in [-0.15, -0.1) is 0 Å². The highest BCUT2D eigenvalue weighted by Crippen LogP contribution is 2.36. The van der Waals surface area contributed by atoms with Crippen molar-refractivity contribution in [1.29, 1.82) is 0 Å². The Morgan fingerprint density at radius 2 is 2.42 bits per heavy atom. The van der Waals surface area contributed by atoms with Crippen LogP contribution >= 0.6 is 0 Å². The summed E-state index contributed by atoms with van der Waals surface area (Å²) in [5.74, 6) is 0.972. The molecule has 0 unspecified atom stereocenters. The predicted octanol–water partition coefficient (Wildman–Crippen LogP) is 2.36. The number of carbonyl (C=O) groups excluding carboxylic acids is 1. The molecule has 0 aromatic carbocycles. The van der Waals surface area contributed by atoms with Gasteiger partial charge in [0.2, 0.25) is 0 Å². The average Bonchev–Trinajstić information content (AvgIpc) is 2.64. The lowest BCUT2D eigenvalue weighted by Gasteiger charge is -2.10. The molecule has 0 N–H and O–H groups in total. The Labute approximate surface area is 71.6 Å². The quantitative estimate of drug-likeness (QED) is 0.637. The second-order valence-electron chi connectivity index (χ2n) is 3.46. The van der Waals surface area contributed by atoms with Gasteiger partial charge >= 0.3 is 0 Å². The average molecular weight is 164 g/mol. The molecule has 1 heterocycles. The van der Waals surface area contributed by atoms with E-state index < -0.39 is 0 Å². The van der Waals surface area contributed by atoms with Crippen molar-refractivity contribution >= 4 is 5.78 Å². The fourth-order valence-corrected chi connectivity index (χ4v) is 1.94. The lowest BCUT2D eigenvalue weighted by Crippen LogP contribution is -2.07. The number of Topliss-reactive ketones (excluding diaryl/α,β-unsaturated/α-hetero) is 1. The lowest BCUT2D eigenvalue weighted by molar-refractivity contribution is -0.120. The number of furan rings is 1. The summed E-state index contributed by atoms with van der Waals surface area (Å²) in [6.07, 6.45) is 5.14. The summed E-state index contributed by atoms with van der Waals surface area (Å²) in [5.41, 5.74) is 1.17. The van der Waals surface area contributed by atoms with Crippen LogP contribution in [0.25, 0.3) is 0 Å². The molecule has 12 heavy (non-hydrogen) atoms. The summed E-state index contributed by atoms with van der Waals surface area (Å²) in [4.78, 5) is 11.2. The molecule has 0 spiro atoms. The van der Waals surface area contributed by atoms with Crippen molar-refractivity contribution in [2.45, 2.75) is 25.7 Å². The van der Waals surface area contributed by atoms with Crippen molar-refractivity contribution in [2.75, 3.05) is 0 Å². The molecule has 1 aliphatic carbocycles. The summed E-state index contributed by atoms with van der Waals surface area (Å²) < 4.78 is 5.00. The maximum absolute atomic E-state index is 11.2. The highest BCUT2D eigenvalue weighted by Gasteiger charge is 2.32. The molecular weight excluding hydrogens is 152 g/mol. The van der Waals surface area contributed by atoms with Crippen LogP contribution in [0.3, 0.4) is 0 Å². The van der Waals surface area contributed by atoms with Crippen LogP contribution in [0.1, 0.15) is 31.2 Å². The second-order valence-corrected chi connectivity index (χ2v) is 3.46. The Hall–Kier alpha value is -1.05. The van der Waals surface area contributed by atoms with Crippen molar-refractivity contribution in [3.63, 3.8) is 0 Å². The van der Waals surface area contributed by atoms with Gasteiger partial charge in [0.15, 0.2) is 0 Å². The van der Waals surface area contributed by atoms with Gasteiger partial charge in [0, 0.05) is 12.3 Å². The molecule has 0 amide bonds. The molecule has 2 nitrogen and oxygen atoms in total. The van der Waals surface area contributed by atoms with E-state index in [-0.39, 0.29) is 5.92 Å². The Morgan fingerprint density at radius 1 is 1.58 bits per heavy atom. The standard InChI is InChI=1S/C10H12O2/c1-7-9(2-3-10(7)11)8-4-5-12-6-8/h4-7,9H,2-3H2,1H3/t7-,9+/m1/s1. The van der Waals surface area contributed by atoms with E-state index in [9.17, 15) is 4.79 Å².